The van der Waals surface area contributed by atoms with Crippen LogP contribution in [-0.2, 0) is 14.3 Å². The van der Waals surface area contributed by atoms with Gasteiger partial charge in [0.1, 0.15) is 0 Å². The molecule has 3 nitrogen and oxygen atoms in total. The van der Waals surface area contributed by atoms with Crippen molar-refractivity contribution in [1.82, 2.24) is 0 Å². The highest BCUT2D eigenvalue weighted by Gasteiger charge is 2.11. The maximum Gasteiger partial charge on any atom is 0.419 e. The fourth-order valence-electron chi connectivity index (χ4n) is 0.503. The molecule has 0 unspecified atom stereocenters. The lowest BCUT2D eigenvalue weighted by molar-refractivity contribution is 0.0123. The molecule has 0 atom stereocenters. The van der Waals surface area contributed by atoms with Crippen LogP contribution in [0.15, 0.2) is 0 Å². The van der Waals surface area contributed by atoms with Crippen LogP contribution in [0.25, 0.3) is 0 Å². The van der Waals surface area contributed by atoms with E-state index in [0.717, 1.165) is 6.04 Å². The lowest BCUT2D eigenvalue weighted by Crippen LogP contribution is -2.21. The highest BCUT2D eigenvalue weighted by molar-refractivity contribution is 6.76. The topological polar surface area (TPSA) is 35.5 Å². The molecule has 0 aliphatic rings. The van der Waals surface area contributed by atoms with E-state index in [-0.39, 0.29) is 6.79 Å². The standard InChI is InChI=1S/C7H15O3Si/c1-11(2,3)5-4-9-7-10-6-8/h4-5,7H2,1-3H3. The molecule has 0 rings (SSSR count). The van der Waals surface area contributed by atoms with E-state index in [4.69, 9.17) is 4.74 Å². The molecule has 0 aliphatic heterocycles. The average molecular weight is 175 g/mol. The molecule has 0 saturated heterocycles. The Balaban J connectivity index is 3.08. The summed E-state index contributed by atoms with van der Waals surface area (Å²) in [4.78, 5) is 9.55. The fraction of sp³-hybridized carbons (Fsp3) is 0.857. The summed E-state index contributed by atoms with van der Waals surface area (Å²) >= 11 is 0. The van der Waals surface area contributed by atoms with E-state index in [1.807, 2.05) is 0 Å². The van der Waals surface area contributed by atoms with Crippen LogP contribution in [-0.4, -0.2) is 27.9 Å². The SMILES string of the molecule is C[Si](C)(C)CCOCO[C]=O. The van der Waals surface area contributed by atoms with Gasteiger partial charge in [-0.2, -0.15) is 0 Å². The average Bonchev–Trinajstić information content (AvgIpc) is 1.85. The first kappa shape index (κ1) is 10.6. The van der Waals surface area contributed by atoms with Crippen molar-refractivity contribution < 1.29 is 14.3 Å². The van der Waals surface area contributed by atoms with E-state index in [2.05, 4.69) is 24.4 Å². The van der Waals surface area contributed by atoms with Gasteiger partial charge in [-0.05, 0) is 6.04 Å². The molecule has 0 amide bonds. The maximum absolute atomic E-state index is 9.55. The molecule has 11 heavy (non-hydrogen) atoms. The highest BCUT2D eigenvalue weighted by Crippen LogP contribution is 2.07. The summed E-state index contributed by atoms with van der Waals surface area (Å²) in [5.41, 5.74) is 0. The Kier molecular flexibility index (Phi) is 5.15. The molecule has 0 spiro atoms. The second-order valence-corrected chi connectivity index (χ2v) is 9.19. The minimum Gasteiger partial charge on any atom is -0.430 e. The molecule has 65 valence electrons. The lowest BCUT2D eigenvalue weighted by atomic mass is 10.9. The molecule has 0 aliphatic carbocycles. The first-order valence-corrected chi connectivity index (χ1v) is 7.33. The van der Waals surface area contributed by atoms with Crippen molar-refractivity contribution in [3.8, 4) is 0 Å². The smallest absolute Gasteiger partial charge is 0.419 e. The minimum absolute atomic E-state index is 0.0357. The Morgan fingerprint density at radius 1 is 1.36 bits per heavy atom. The van der Waals surface area contributed by atoms with Gasteiger partial charge >= 0.3 is 6.47 Å². The van der Waals surface area contributed by atoms with E-state index in [1.165, 1.54) is 6.47 Å². The van der Waals surface area contributed by atoms with E-state index in [9.17, 15) is 4.79 Å². The summed E-state index contributed by atoms with van der Waals surface area (Å²) in [5.74, 6) is 0. The third-order valence-electron chi connectivity index (χ3n) is 1.20. The quantitative estimate of drug-likeness (QED) is 0.347. The number of rotatable bonds is 6. The Morgan fingerprint density at radius 3 is 2.45 bits per heavy atom. The second kappa shape index (κ2) is 5.32. The van der Waals surface area contributed by atoms with Crippen molar-refractivity contribution in [1.29, 1.82) is 0 Å². The van der Waals surface area contributed by atoms with Gasteiger partial charge in [-0.3, -0.25) is 0 Å². The van der Waals surface area contributed by atoms with Gasteiger partial charge in [-0.25, -0.2) is 4.79 Å². The van der Waals surface area contributed by atoms with E-state index < -0.39 is 8.07 Å². The van der Waals surface area contributed by atoms with Crippen molar-refractivity contribution in [2.75, 3.05) is 13.4 Å². The third-order valence-corrected chi connectivity index (χ3v) is 2.90. The monoisotopic (exact) mass is 175 g/mol. The Labute approximate surface area is 68.7 Å². The van der Waals surface area contributed by atoms with E-state index >= 15 is 0 Å². The van der Waals surface area contributed by atoms with Gasteiger partial charge in [0, 0.05) is 14.7 Å². The lowest BCUT2D eigenvalue weighted by Gasteiger charge is -2.14. The molecule has 0 saturated carbocycles. The number of carbonyl (C=O) groups excluding carboxylic acids is 1. The fourth-order valence-corrected chi connectivity index (χ4v) is 1.26. The van der Waals surface area contributed by atoms with Crippen LogP contribution in [0.1, 0.15) is 0 Å². The summed E-state index contributed by atoms with van der Waals surface area (Å²) in [7, 11) is -0.996. The Bertz CT molecular complexity index is 109. The van der Waals surface area contributed by atoms with Crippen molar-refractivity contribution in [3.63, 3.8) is 0 Å². The molecule has 0 heterocycles. The summed E-state index contributed by atoms with van der Waals surface area (Å²) < 4.78 is 9.24. The molecule has 0 aromatic carbocycles. The predicted molar refractivity (Wildman–Crippen MR) is 45.8 cm³/mol. The van der Waals surface area contributed by atoms with Gasteiger partial charge in [0.2, 0.25) is 0 Å². The molecule has 0 N–H and O–H groups in total. The van der Waals surface area contributed by atoms with Gasteiger partial charge in [0.25, 0.3) is 0 Å². The van der Waals surface area contributed by atoms with Crippen LogP contribution in [0.4, 0.5) is 0 Å². The molecule has 0 fully saturated rings. The predicted octanol–water partition coefficient (Wildman–Crippen LogP) is 1.38. The zero-order valence-corrected chi connectivity index (χ0v) is 8.35. The number of ether oxygens (including phenoxy) is 2. The first-order valence-electron chi connectivity index (χ1n) is 3.63. The van der Waals surface area contributed by atoms with E-state index in [1.54, 1.807) is 0 Å². The van der Waals surface area contributed by atoms with Gasteiger partial charge in [0.05, 0.1) is 0 Å². The molecular weight excluding hydrogens is 160 g/mol. The van der Waals surface area contributed by atoms with Crippen molar-refractivity contribution in [2.24, 2.45) is 0 Å². The molecule has 1 radical (unpaired) electrons. The summed E-state index contributed by atoms with van der Waals surface area (Å²) in [6.45, 7) is 8.82. The van der Waals surface area contributed by atoms with Gasteiger partial charge in [-0.1, -0.05) is 19.6 Å². The van der Waals surface area contributed by atoms with Crippen LogP contribution in [0, 0.1) is 0 Å². The molecule has 0 aromatic rings. The normalized spacial score (nSPS) is 11.2. The van der Waals surface area contributed by atoms with Gasteiger partial charge < -0.3 is 9.47 Å². The minimum atomic E-state index is -0.996. The maximum atomic E-state index is 9.55. The molecule has 4 heteroatoms. The molecule has 0 bridgehead atoms. The highest BCUT2D eigenvalue weighted by atomic mass is 28.3. The largest absolute Gasteiger partial charge is 0.430 e. The number of hydrogen-bond donors (Lipinski definition) is 0. The third kappa shape index (κ3) is 9.65. The van der Waals surface area contributed by atoms with Crippen LogP contribution in [0.2, 0.25) is 25.7 Å². The summed E-state index contributed by atoms with van der Waals surface area (Å²) in [6, 6.07) is 1.09. The summed E-state index contributed by atoms with van der Waals surface area (Å²) in [5, 5.41) is 0. The van der Waals surface area contributed by atoms with E-state index in [0.29, 0.717) is 6.61 Å². The van der Waals surface area contributed by atoms with Crippen LogP contribution >= 0.6 is 0 Å². The van der Waals surface area contributed by atoms with Crippen LogP contribution < -0.4 is 0 Å². The number of hydrogen-bond acceptors (Lipinski definition) is 3. The van der Waals surface area contributed by atoms with Crippen molar-refractivity contribution >= 4 is 14.5 Å². The zero-order chi connectivity index (χ0) is 8.74. The van der Waals surface area contributed by atoms with Crippen LogP contribution in [0.5, 0.6) is 0 Å². The second-order valence-electron chi connectivity index (χ2n) is 3.56. The zero-order valence-electron chi connectivity index (χ0n) is 7.35. The van der Waals surface area contributed by atoms with Crippen molar-refractivity contribution in [2.45, 2.75) is 25.7 Å². The Morgan fingerprint density at radius 2 is 2.00 bits per heavy atom. The molecule has 0 aromatic heterocycles. The van der Waals surface area contributed by atoms with Gasteiger partial charge in [0.15, 0.2) is 6.79 Å². The summed E-state index contributed by atoms with van der Waals surface area (Å²) in [6.07, 6.45) is 0. The first-order chi connectivity index (χ1) is 5.06. The van der Waals surface area contributed by atoms with Crippen LogP contribution in [0.3, 0.4) is 0 Å². The van der Waals surface area contributed by atoms with Gasteiger partial charge in [-0.15, -0.1) is 0 Å². The molecular formula is C7H15O3Si. The van der Waals surface area contributed by atoms with Crippen molar-refractivity contribution in [3.05, 3.63) is 0 Å². The Hall–Kier alpha value is -0.353.